The van der Waals surface area contributed by atoms with E-state index >= 15 is 0 Å². The van der Waals surface area contributed by atoms with Gasteiger partial charge < -0.3 is 10.1 Å². The molecule has 1 aromatic carbocycles. The van der Waals surface area contributed by atoms with Gasteiger partial charge in [0.25, 0.3) is 5.91 Å². The maximum Gasteiger partial charge on any atom is 0.387 e. The fraction of sp³-hybridized carbons (Fsp3) is 0.533. The van der Waals surface area contributed by atoms with Gasteiger partial charge in [-0.05, 0) is 55.9 Å². The van der Waals surface area contributed by atoms with Crippen molar-refractivity contribution in [2.75, 3.05) is 6.54 Å². The van der Waals surface area contributed by atoms with Gasteiger partial charge in [-0.3, -0.25) is 4.79 Å². The van der Waals surface area contributed by atoms with Crippen LogP contribution in [0.25, 0.3) is 0 Å². The second-order valence-electron chi connectivity index (χ2n) is 5.23. The molecule has 2 rings (SSSR count). The summed E-state index contributed by atoms with van der Waals surface area (Å²) >= 11 is 3.60. The smallest absolute Gasteiger partial charge is 0.387 e. The predicted molar refractivity (Wildman–Crippen MR) is 80.1 cm³/mol. The number of ether oxygens (including phenoxy) is 1. The summed E-state index contributed by atoms with van der Waals surface area (Å²) in [6.07, 6.45) is 4.50. The molecule has 1 aromatic rings. The molecule has 1 amide bonds. The number of halogens is 3. The first kappa shape index (κ1) is 16.2. The maximum atomic E-state index is 12.0. The third-order valence-electron chi connectivity index (χ3n) is 3.67. The van der Waals surface area contributed by atoms with Gasteiger partial charge in [-0.25, -0.2) is 0 Å². The van der Waals surface area contributed by atoms with Gasteiger partial charge in [0.15, 0.2) is 0 Å². The lowest BCUT2D eigenvalue weighted by Gasteiger charge is -2.25. The Morgan fingerprint density at radius 3 is 2.43 bits per heavy atom. The van der Waals surface area contributed by atoms with Crippen LogP contribution in [0, 0.1) is 5.92 Å². The molecule has 0 aliphatic heterocycles. The van der Waals surface area contributed by atoms with Crippen molar-refractivity contribution < 1.29 is 18.3 Å². The number of carbonyl (C=O) groups excluding carboxylic acids is 1. The monoisotopic (exact) mass is 361 g/mol. The molecule has 0 radical (unpaired) electrons. The molecule has 0 aromatic heterocycles. The van der Waals surface area contributed by atoms with Crippen molar-refractivity contribution in [3.05, 3.63) is 29.8 Å². The SMILES string of the molecule is O=C(NCC1CCC(Br)CC1)c1ccc(OC(F)F)cc1. The lowest BCUT2D eigenvalue weighted by atomic mass is 9.89. The highest BCUT2D eigenvalue weighted by Gasteiger charge is 2.19. The summed E-state index contributed by atoms with van der Waals surface area (Å²) in [6, 6.07) is 5.72. The zero-order valence-electron chi connectivity index (χ0n) is 11.5. The van der Waals surface area contributed by atoms with Crippen LogP contribution >= 0.6 is 15.9 Å². The topological polar surface area (TPSA) is 38.3 Å². The van der Waals surface area contributed by atoms with Crippen LogP contribution in [-0.4, -0.2) is 23.9 Å². The molecule has 1 saturated carbocycles. The third kappa shape index (κ3) is 5.26. The summed E-state index contributed by atoms with van der Waals surface area (Å²) in [6.45, 7) is -2.19. The molecule has 0 bridgehead atoms. The Kier molecular flexibility index (Phi) is 5.96. The summed E-state index contributed by atoms with van der Waals surface area (Å²) in [5.41, 5.74) is 0.450. The molecule has 0 heterocycles. The van der Waals surface area contributed by atoms with Gasteiger partial charge in [-0.1, -0.05) is 15.9 Å². The molecule has 116 valence electrons. The first-order valence-electron chi connectivity index (χ1n) is 7.01. The number of hydrogen-bond donors (Lipinski definition) is 1. The standard InChI is InChI=1S/C15H18BrF2NO2/c16-12-5-1-10(2-6-12)9-19-14(20)11-3-7-13(8-4-11)21-15(17)18/h3-4,7-8,10,12,15H,1-2,5-6,9H2,(H,19,20). The van der Waals surface area contributed by atoms with Crippen molar-refractivity contribution in [2.24, 2.45) is 5.92 Å². The highest BCUT2D eigenvalue weighted by atomic mass is 79.9. The highest BCUT2D eigenvalue weighted by molar-refractivity contribution is 9.09. The van der Waals surface area contributed by atoms with Gasteiger partial charge in [0, 0.05) is 16.9 Å². The summed E-state index contributed by atoms with van der Waals surface area (Å²) < 4.78 is 28.3. The molecule has 0 saturated heterocycles. The molecular weight excluding hydrogens is 344 g/mol. The largest absolute Gasteiger partial charge is 0.435 e. The molecule has 21 heavy (non-hydrogen) atoms. The molecule has 3 nitrogen and oxygen atoms in total. The van der Waals surface area contributed by atoms with Crippen LogP contribution in [0.4, 0.5) is 8.78 Å². The zero-order valence-corrected chi connectivity index (χ0v) is 13.1. The van der Waals surface area contributed by atoms with E-state index in [2.05, 4.69) is 26.0 Å². The summed E-state index contributed by atoms with van der Waals surface area (Å²) in [5.74, 6) is 0.390. The Bertz CT molecular complexity index is 459. The Morgan fingerprint density at radius 2 is 1.86 bits per heavy atom. The number of nitrogens with one attached hydrogen (secondary N) is 1. The lowest BCUT2D eigenvalue weighted by molar-refractivity contribution is -0.0498. The molecule has 1 fully saturated rings. The van der Waals surface area contributed by atoms with Crippen LogP contribution in [0.3, 0.4) is 0 Å². The molecule has 6 heteroatoms. The molecule has 1 N–H and O–H groups in total. The summed E-state index contributed by atoms with van der Waals surface area (Å²) in [5, 5.41) is 2.90. The van der Waals surface area contributed by atoms with E-state index in [0.717, 1.165) is 25.7 Å². The average Bonchev–Trinajstić information content (AvgIpc) is 2.46. The Labute approximate surface area is 131 Å². The maximum absolute atomic E-state index is 12.0. The van der Waals surface area contributed by atoms with E-state index in [9.17, 15) is 13.6 Å². The number of amides is 1. The quantitative estimate of drug-likeness (QED) is 0.805. The van der Waals surface area contributed by atoms with E-state index in [0.29, 0.717) is 22.9 Å². The van der Waals surface area contributed by atoms with Gasteiger partial charge >= 0.3 is 6.61 Å². The minimum Gasteiger partial charge on any atom is -0.435 e. The Morgan fingerprint density at radius 1 is 1.24 bits per heavy atom. The van der Waals surface area contributed by atoms with Crippen molar-refractivity contribution >= 4 is 21.8 Å². The molecule has 1 aliphatic carbocycles. The van der Waals surface area contributed by atoms with Crippen molar-refractivity contribution in [1.82, 2.24) is 5.32 Å². The van der Waals surface area contributed by atoms with Gasteiger partial charge in [0.05, 0.1) is 0 Å². The molecular formula is C15H18BrF2NO2. The van der Waals surface area contributed by atoms with Crippen LogP contribution in [0.15, 0.2) is 24.3 Å². The van der Waals surface area contributed by atoms with E-state index in [1.807, 2.05) is 0 Å². The van der Waals surface area contributed by atoms with E-state index < -0.39 is 6.61 Å². The predicted octanol–water partition coefficient (Wildman–Crippen LogP) is 3.97. The van der Waals surface area contributed by atoms with Crippen molar-refractivity contribution in [2.45, 2.75) is 37.1 Å². The van der Waals surface area contributed by atoms with Crippen molar-refractivity contribution in [3.8, 4) is 5.75 Å². The van der Waals surface area contributed by atoms with Crippen LogP contribution < -0.4 is 10.1 Å². The van der Waals surface area contributed by atoms with E-state index in [1.54, 1.807) is 0 Å². The number of benzene rings is 1. The number of hydrogen-bond acceptors (Lipinski definition) is 2. The summed E-state index contributed by atoms with van der Waals surface area (Å²) in [4.78, 5) is 12.6. The zero-order chi connectivity index (χ0) is 15.2. The van der Waals surface area contributed by atoms with Gasteiger partial charge in [0.1, 0.15) is 5.75 Å². The fourth-order valence-corrected chi connectivity index (χ4v) is 2.98. The fourth-order valence-electron chi connectivity index (χ4n) is 2.45. The third-order valence-corrected chi connectivity index (χ3v) is 4.58. The minimum absolute atomic E-state index is 0.0530. The molecule has 0 atom stereocenters. The van der Waals surface area contributed by atoms with Gasteiger partial charge in [-0.2, -0.15) is 8.78 Å². The molecule has 0 unspecified atom stereocenters. The second kappa shape index (κ2) is 7.73. The van der Waals surface area contributed by atoms with Crippen molar-refractivity contribution in [3.63, 3.8) is 0 Å². The Balaban J connectivity index is 1.80. The Hall–Kier alpha value is -1.17. The summed E-state index contributed by atoms with van der Waals surface area (Å²) in [7, 11) is 0. The van der Waals surface area contributed by atoms with Crippen LogP contribution in [-0.2, 0) is 0 Å². The highest BCUT2D eigenvalue weighted by Crippen LogP contribution is 2.28. The lowest BCUT2D eigenvalue weighted by Crippen LogP contribution is -2.31. The minimum atomic E-state index is -2.85. The van der Waals surface area contributed by atoms with Gasteiger partial charge in [0.2, 0.25) is 0 Å². The first-order valence-corrected chi connectivity index (χ1v) is 7.93. The van der Waals surface area contributed by atoms with Crippen LogP contribution in [0.5, 0.6) is 5.75 Å². The first-order chi connectivity index (χ1) is 10.0. The second-order valence-corrected chi connectivity index (χ2v) is 6.53. The van der Waals surface area contributed by atoms with Crippen molar-refractivity contribution in [1.29, 1.82) is 0 Å². The van der Waals surface area contributed by atoms with Crippen LogP contribution in [0.1, 0.15) is 36.0 Å². The molecule has 0 spiro atoms. The van der Waals surface area contributed by atoms with E-state index in [4.69, 9.17) is 0 Å². The normalized spacial score (nSPS) is 22.1. The number of carbonyl (C=O) groups is 1. The molecule has 1 aliphatic rings. The van der Waals surface area contributed by atoms with E-state index in [-0.39, 0.29) is 11.7 Å². The number of alkyl halides is 3. The van der Waals surface area contributed by atoms with Gasteiger partial charge in [-0.15, -0.1) is 0 Å². The van der Waals surface area contributed by atoms with E-state index in [1.165, 1.54) is 24.3 Å². The number of rotatable bonds is 5. The van der Waals surface area contributed by atoms with Crippen LogP contribution in [0.2, 0.25) is 0 Å². The average molecular weight is 362 g/mol.